The normalized spacial score (nSPS) is 16.0. The summed E-state index contributed by atoms with van der Waals surface area (Å²) < 4.78 is 40.0. The van der Waals surface area contributed by atoms with Gasteiger partial charge in [0.25, 0.3) is 0 Å². The van der Waals surface area contributed by atoms with Crippen LogP contribution in [0, 0.1) is 5.41 Å². The van der Waals surface area contributed by atoms with E-state index in [-0.39, 0.29) is 18.5 Å². The molecule has 1 aliphatic rings. The van der Waals surface area contributed by atoms with E-state index < -0.39 is 53.5 Å². The Kier molecular flexibility index (Phi) is 6.93. The van der Waals surface area contributed by atoms with E-state index in [2.05, 4.69) is 11.9 Å². The number of hydrogen-bond acceptors (Lipinski definition) is 4. The largest absolute Gasteiger partial charge is 0.416 e. The van der Waals surface area contributed by atoms with Crippen LogP contribution in [0.25, 0.3) is 0 Å². The lowest BCUT2D eigenvalue weighted by molar-refractivity contribution is -0.143. The number of carbonyl (C=O) groups excluding carboxylic acids is 4. The Balaban J connectivity index is 2.19. The van der Waals surface area contributed by atoms with Gasteiger partial charge >= 0.3 is 24.0 Å². The minimum absolute atomic E-state index is 0.0101. The second kappa shape index (κ2) is 8.91. The molecule has 0 bridgehead atoms. The van der Waals surface area contributed by atoms with Crippen LogP contribution in [-0.2, 0) is 27.0 Å². The van der Waals surface area contributed by atoms with Gasteiger partial charge in [-0.15, -0.1) is 6.58 Å². The fraction of sp³-hybridized carbons (Fsp3) is 0.429. The number of carbonyl (C=O) groups is 4. The van der Waals surface area contributed by atoms with E-state index in [1.54, 1.807) is 20.8 Å². The highest BCUT2D eigenvalue weighted by atomic mass is 19.4. The van der Waals surface area contributed by atoms with Crippen molar-refractivity contribution in [1.29, 1.82) is 0 Å². The highest BCUT2D eigenvalue weighted by Gasteiger charge is 2.45. The van der Waals surface area contributed by atoms with Gasteiger partial charge in [0.15, 0.2) is 0 Å². The average molecular weight is 439 g/mol. The number of alkyl halides is 3. The molecule has 0 unspecified atom stereocenters. The van der Waals surface area contributed by atoms with Crippen LogP contribution in [0.4, 0.5) is 18.0 Å². The summed E-state index contributed by atoms with van der Waals surface area (Å²) in [5.74, 6) is -2.97. The van der Waals surface area contributed by atoms with Crippen LogP contribution in [0.2, 0.25) is 0 Å². The van der Waals surface area contributed by atoms with E-state index in [9.17, 15) is 32.3 Å². The van der Waals surface area contributed by atoms with Crippen LogP contribution in [0.3, 0.4) is 0 Å². The molecule has 5 amide bonds. The first-order valence-electron chi connectivity index (χ1n) is 9.50. The maximum atomic E-state index is 13.3. The van der Waals surface area contributed by atoms with Gasteiger partial charge in [0.05, 0.1) is 5.56 Å². The maximum Gasteiger partial charge on any atom is 0.416 e. The molecular weight excluding hydrogens is 415 g/mol. The monoisotopic (exact) mass is 439 g/mol. The fourth-order valence-corrected chi connectivity index (χ4v) is 3.13. The number of benzene rings is 1. The van der Waals surface area contributed by atoms with Crippen molar-refractivity contribution in [1.82, 2.24) is 15.1 Å². The molecule has 0 spiro atoms. The van der Waals surface area contributed by atoms with Gasteiger partial charge in [-0.25, -0.2) is 9.69 Å². The minimum Gasteiger partial charge on any atom is -0.351 e. The van der Waals surface area contributed by atoms with Crippen molar-refractivity contribution in [3.05, 3.63) is 48.0 Å². The van der Waals surface area contributed by atoms with Crippen molar-refractivity contribution in [3.8, 4) is 0 Å². The van der Waals surface area contributed by atoms with E-state index in [1.165, 1.54) is 24.3 Å². The van der Waals surface area contributed by atoms with Crippen LogP contribution < -0.4 is 5.32 Å². The van der Waals surface area contributed by atoms with Crippen LogP contribution in [0.15, 0.2) is 36.9 Å². The molecule has 168 valence electrons. The summed E-state index contributed by atoms with van der Waals surface area (Å²) in [7, 11) is 0. The molecule has 1 heterocycles. The fourth-order valence-electron chi connectivity index (χ4n) is 3.13. The molecule has 0 aromatic heterocycles. The van der Waals surface area contributed by atoms with Gasteiger partial charge in [0.1, 0.15) is 6.54 Å². The smallest absolute Gasteiger partial charge is 0.351 e. The summed E-state index contributed by atoms with van der Waals surface area (Å²) in [6, 6.07) is 3.39. The summed E-state index contributed by atoms with van der Waals surface area (Å²) in [6.45, 7) is 7.74. The third-order valence-corrected chi connectivity index (χ3v) is 4.88. The van der Waals surface area contributed by atoms with Crippen LogP contribution in [0.1, 0.15) is 31.9 Å². The zero-order chi connectivity index (χ0) is 23.6. The van der Waals surface area contributed by atoms with Gasteiger partial charge in [0.2, 0.25) is 5.91 Å². The molecular formula is C21H24F3N3O4. The van der Waals surface area contributed by atoms with Crippen molar-refractivity contribution >= 4 is 23.8 Å². The van der Waals surface area contributed by atoms with Crippen molar-refractivity contribution in [2.75, 3.05) is 13.1 Å². The Bertz CT molecular complexity index is 906. The SMILES string of the molecule is C=CCN1C(=O)C(=O)N(CC(=O)N[C@@H](Cc2ccccc2C(F)(F)F)C(C)(C)C)C1=O. The third kappa shape index (κ3) is 5.50. The van der Waals surface area contributed by atoms with E-state index in [0.717, 1.165) is 6.07 Å². The van der Waals surface area contributed by atoms with Crippen LogP contribution in [0.5, 0.6) is 0 Å². The predicted molar refractivity (Wildman–Crippen MR) is 106 cm³/mol. The second-order valence-corrected chi connectivity index (χ2v) is 8.22. The standard InChI is InChI=1S/C21H24F3N3O4/c1-5-10-26-17(29)18(30)27(19(26)31)12-16(28)25-15(20(2,3)4)11-13-8-6-7-9-14(13)21(22,23)24/h5-9,15H,1,10-12H2,2-4H3,(H,25,28)/t15-/m0/s1. The molecule has 31 heavy (non-hydrogen) atoms. The van der Waals surface area contributed by atoms with Crippen molar-refractivity contribution < 1.29 is 32.3 Å². The number of urea groups is 1. The lowest BCUT2D eigenvalue weighted by atomic mass is 9.82. The lowest BCUT2D eigenvalue weighted by Gasteiger charge is -2.32. The van der Waals surface area contributed by atoms with Crippen molar-refractivity contribution in [2.45, 2.75) is 39.4 Å². The summed E-state index contributed by atoms with van der Waals surface area (Å²) in [6.07, 6.45) is -3.40. The summed E-state index contributed by atoms with van der Waals surface area (Å²) in [4.78, 5) is 49.9. The molecule has 0 saturated carbocycles. The minimum atomic E-state index is -4.55. The maximum absolute atomic E-state index is 13.3. The highest BCUT2D eigenvalue weighted by molar-refractivity contribution is 6.45. The molecule has 1 aromatic rings. The van der Waals surface area contributed by atoms with Crippen molar-refractivity contribution in [3.63, 3.8) is 0 Å². The first-order chi connectivity index (χ1) is 14.3. The molecule has 0 radical (unpaired) electrons. The van der Waals surface area contributed by atoms with Gasteiger partial charge in [-0.05, 0) is 23.5 Å². The van der Waals surface area contributed by atoms with E-state index in [4.69, 9.17) is 0 Å². The number of hydrogen-bond donors (Lipinski definition) is 1. The quantitative estimate of drug-likeness (QED) is 0.402. The molecule has 1 aromatic carbocycles. The molecule has 2 rings (SSSR count). The molecule has 1 aliphatic heterocycles. The molecule has 1 saturated heterocycles. The zero-order valence-electron chi connectivity index (χ0n) is 17.5. The number of rotatable bonds is 7. The Morgan fingerprint density at radius 3 is 2.23 bits per heavy atom. The number of amides is 5. The Hall–Kier alpha value is -3.17. The Morgan fingerprint density at radius 1 is 1.10 bits per heavy atom. The molecule has 7 nitrogen and oxygen atoms in total. The Labute approximate surface area is 177 Å². The zero-order valence-corrected chi connectivity index (χ0v) is 17.5. The number of halogens is 3. The van der Waals surface area contributed by atoms with E-state index >= 15 is 0 Å². The average Bonchev–Trinajstić information content (AvgIpc) is 2.85. The van der Waals surface area contributed by atoms with Gasteiger partial charge < -0.3 is 5.32 Å². The Morgan fingerprint density at radius 2 is 1.68 bits per heavy atom. The van der Waals surface area contributed by atoms with Crippen LogP contribution in [-0.4, -0.2) is 52.7 Å². The van der Waals surface area contributed by atoms with Gasteiger partial charge in [0, 0.05) is 12.6 Å². The van der Waals surface area contributed by atoms with Crippen molar-refractivity contribution in [2.24, 2.45) is 5.41 Å². The highest BCUT2D eigenvalue weighted by Crippen LogP contribution is 2.34. The number of nitrogens with one attached hydrogen (secondary N) is 1. The first kappa shape index (κ1) is 24.1. The number of nitrogens with zero attached hydrogens (tertiary/aromatic N) is 2. The second-order valence-electron chi connectivity index (χ2n) is 8.22. The predicted octanol–water partition coefficient (Wildman–Crippen LogP) is 2.76. The first-order valence-corrected chi connectivity index (χ1v) is 9.50. The molecule has 10 heteroatoms. The lowest BCUT2D eigenvalue weighted by Crippen LogP contribution is -2.49. The summed E-state index contributed by atoms with van der Waals surface area (Å²) in [5, 5.41) is 2.61. The van der Waals surface area contributed by atoms with Gasteiger partial charge in [-0.3, -0.25) is 19.3 Å². The van der Waals surface area contributed by atoms with E-state index in [1.807, 2.05) is 0 Å². The van der Waals surface area contributed by atoms with Gasteiger partial charge in [-0.1, -0.05) is 45.0 Å². The number of imide groups is 2. The molecule has 0 aliphatic carbocycles. The van der Waals surface area contributed by atoms with Gasteiger partial charge in [-0.2, -0.15) is 13.2 Å². The van der Waals surface area contributed by atoms with E-state index in [0.29, 0.717) is 9.80 Å². The topological polar surface area (TPSA) is 86.8 Å². The molecule has 1 fully saturated rings. The molecule has 1 atom stereocenters. The summed E-state index contributed by atoms with van der Waals surface area (Å²) >= 11 is 0. The molecule has 1 N–H and O–H groups in total. The summed E-state index contributed by atoms with van der Waals surface area (Å²) in [5.41, 5.74) is -1.43. The van der Waals surface area contributed by atoms with Crippen LogP contribution >= 0.6 is 0 Å². The third-order valence-electron chi connectivity index (χ3n) is 4.88.